The standard InChI is InChI=1S/C22H22BrClN4O2S/c1-4-9-28-20(12-30-19-10-14(2)5-6-15(19)3)26-27-22(28)31-13-21(29)25-18-8-7-16(23)11-17(18)24/h4-8,10-11H,1,9,12-13H2,2-3H3,(H,25,29). The summed E-state index contributed by atoms with van der Waals surface area (Å²) in [6, 6.07) is 11.4. The summed E-state index contributed by atoms with van der Waals surface area (Å²) < 4.78 is 8.70. The minimum absolute atomic E-state index is 0.166. The molecule has 0 saturated heterocycles. The number of aromatic nitrogens is 3. The Morgan fingerprint density at radius 2 is 2.10 bits per heavy atom. The highest BCUT2D eigenvalue weighted by Gasteiger charge is 2.15. The van der Waals surface area contributed by atoms with Crippen molar-refractivity contribution < 1.29 is 9.53 Å². The molecule has 0 radical (unpaired) electrons. The summed E-state index contributed by atoms with van der Waals surface area (Å²) in [5, 5.41) is 12.4. The van der Waals surface area contributed by atoms with E-state index >= 15 is 0 Å². The number of carbonyl (C=O) groups excluding carboxylic acids is 1. The molecule has 1 N–H and O–H groups in total. The van der Waals surface area contributed by atoms with Crippen LogP contribution in [-0.4, -0.2) is 26.4 Å². The summed E-state index contributed by atoms with van der Waals surface area (Å²) >= 11 is 10.8. The van der Waals surface area contributed by atoms with E-state index in [0.717, 1.165) is 21.3 Å². The molecule has 1 aromatic heterocycles. The second-order valence-corrected chi connectivity index (χ2v) is 9.08. The molecule has 0 atom stereocenters. The van der Waals surface area contributed by atoms with Gasteiger partial charge in [0.25, 0.3) is 0 Å². The molecular weight excluding hydrogens is 500 g/mol. The minimum Gasteiger partial charge on any atom is -0.485 e. The molecule has 0 aliphatic heterocycles. The molecule has 0 aliphatic rings. The molecule has 1 amide bonds. The zero-order valence-corrected chi connectivity index (χ0v) is 20.4. The summed E-state index contributed by atoms with van der Waals surface area (Å²) in [5.74, 6) is 1.46. The first kappa shape index (κ1) is 23.4. The summed E-state index contributed by atoms with van der Waals surface area (Å²) in [4.78, 5) is 12.4. The molecule has 0 bridgehead atoms. The van der Waals surface area contributed by atoms with E-state index in [4.69, 9.17) is 16.3 Å². The summed E-state index contributed by atoms with van der Waals surface area (Å²) in [7, 11) is 0. The lowest BCUT2D eigenvalue weighted by atomic mass is 10.1. The van der Waals surface area contributed by atoms with Gasteiger partial charge in [0.2, 0.25) is 5.91 Å². The number of hydrogen-bond donors (Lipinski definition) is 1. The summed E-state index contributed by atoms with van der Waals surface area (Å²) in [5.41, 5.74) is 2.74. The first-order chi connectivity index (χ1) is 14.9. The van der Waals surface area contributed by atoms with Gasteiger partial charge in [0.05, 0.1) is 16.5 Å². The van der Waals surface area contributed by atoms with Crippen molar-refractivity contribution in [3.63, 3.8) is 0 Å². The van der Waals surface area contributed by atoms with E-state index in [9.17, 15) is 4.79 Å². The first-order valence-electron chi connectivity index (χ1n) is 9.48. The molecular formula is C22H22BrClN4O2S. The lowest BCUT2D eigenvalue weighted by Crippen LogP contribution is -2.15. The zero-order valence-electron chi connectivity index (χ0n) is 17.2. The van der Waals surface area contributed by atoms with Crippen molar-refractivity contribution in [2.75, 3.05) is 11.1 Å². The Labute approximate surface area is 199 Å². The van der Waals surface area contributed by atoms with Gasteiger partial charge >= 0.3 is 0 Å². The number of nitrogens with zero attached hydrogens (tertiary/aromatic N) is 3. The van der Waals surface area contributed by atoms with Gasteiger partial charge in [0.15, 0.2) is 11.0 Å². The number of thioether (sulfide) groups is 1. The van der Waals surface area contributed by atoms with Crippen LogP contribution in [0.2, 0.25) is 5.02 Å². The lowest BCUT2D eigenvalue weighted by molar-refractivity contribution is -0.113. The van der Waals surface area contributed by atoms with Crippen LogP contribution in [-0.2, 0) is 17.9 Å². The highest BCUT2D eigenvalue weighted by atomic mass is 79.9. The third-order valence-electron chi connectivity index (χ3n) is 4.34. The van der Waals surface area contributed by atoms with Gasteiger partial charge in [-0.1, -0.05) is 57.5 Å². The van der Waals surface area contributed by atoms with Gasteiger partial charge in [0, 0.05) is 11.0 Å². The SMILES string of the molecule is C=CCn1c(COc2cc(C)ccc2C)nnc1SCC(=O)Nc1ccc(Br)cc1Cl. The van der Waals surface area contributed by atoms with Crippen LogP contribution in [0.4, 0.5) is 5.69 Å². The topological polar surface area (TPSA) is 69.0 Å². The average molecular weight is 522 g/mol. The fraction of sp³-hybridized carbons (Fsp3) is 0.227. The van der Waals surface area contributed by atoms with Crippen molar-refractivity contribution in [2.24, 2.45) is 0 Å². The fourth-order valence-corrected chi connectivity index (χ4v) is 4.24. The number of halogens is 2. The second-order valence-electron chi connectivity index (χ2n) is 6.82. The van der Waals surface area contributed by atoms with Crippen LogP contribution in [0.5, 0.6) is 5.75 Å². The molecule has 3 rings (SSSR count). The predicted molar refractivity (Wildman–Crippen MR) is 129 cm³/mol. The lowest BCUT2D eigenvalue weighted by Gasteiger charge is -2.11. The molecule has 1 heterocycles. The van der Waals surface area contributed by atoms with Crippen LogP contribution >= 0.6 is 39.3 Å². The highest BCUT2D eigenvalue weighted by molar-refractivity contribution is 9.10. The number of hydrogen-bond acceptors (Lipinski definition) is 5. The van der Waals surface area contributed by atoms with Crippen LogP contribution in [0.3, 0.4) is 0 Å². The number of rotatable bonds is 9. The molecule has 9 heteroatoms. The van der Waals surface area contributed by atoms with Crippen molar-refractivity contribution in [2.45, 2.75) is 32.2 Å². The van der Waals surface area contributed by atoms with Gasteiger partial charge in [-0.2, -0.15) is 0 Å². The van der Waals surface area contributed by atoms with Crippen molar-refractivity contribution in [3.8, 4) is 5.75 Å². The van der Waals surface area contributed by atoms with Gasteiger partial charge in [-0.25, -0.2) is 0 Å². The van der Waals surface area contributed by atoms with Crippen LogP contribution in [0.25, 0.3) is 0 Å². The van der Waals surface area contributed by atoms with E-state index in [2.05, 4.69) is 38.0 Å². The van der Waals surface area contributed by atoms with E-state index < -0.39 is 0 Å². The number of aryl methyl sites for hydroxylation is 2. The number of benzene rings is 2. The van der Waals surface area contributed by atoms with Gasteiger partial charge in [-0.3, -0.25) is 9.36 Å². The molecule has 6 nitrogen and oxygen atoms in total. The molecule has 3 aromatic rings. The highest BCUT2D eigenvalue weighted by Crippen LogP contribution is 2.26. The molecule has 0 spiro atoms. The van der Waals surface area contributed by atoms with Crippen LogP contribution in [0.1, 0.15) is 17.0 Å². The summed E-state index contributed by atoms with van der Waals surface area (Å²) in [6.07, 6.45) is 1.76. The molecule has 2 aromatic carbocycles. The third-order valence-corrected chi connectivity index (χ3v) is 6.12. The molecule has 0 saturated carbocycles. The van der Waals surface area contributed by atoms with E-state index in [1.54, 1.807) is 18.2 Å². The van der Waals surface area contributed by atoms with Gasteiger partial charge in [-0.05, 0) is 49.2 Å². The van der Waals surface area contributed by atoms with E-state index in [-0.39, 0.29) is 18.3 Å². The smallest absolute Gasteiger partial charge is 0.234 e. The molecule has 0 unspecified atom stereocenters. The maximum Gasteiger partial charge on any atom is 0.234 e. The number of anilines is 1. The quantitative estimate of drug-likeness (QED) is 0.284. The van der Waals surface area contributed by atoms with Crippen LogP contribution in [0, 0.1) is 13.8 Å². The Balaban J connectivity index is 1.64. The van der Waals surface area contributed by atoms with E-state index in [1.807, 2.05) is 42.7 Å². The largest absolute Gasteiger partial charge is 0.485 e. The number of allylic oxidation sites excluding steroid dienone is 1. The number of nitrogens with one attached hydrogen (secondary N) is 1. The van der Waals surface area contributed by atoms with E-state index in [0.29, 0.717) is 28.2 Å². The minimum atomic E-state index is -0.185. The van der Waals surface area contributed by atoms with Gasteiger partial charge < -0.3 is 10.1 Å². The van der Waals surface area contributed by atoms with Crippen molar-refractivity contribution >= 4 is 50.9 Å². The molecule has 162 valence electrons. The molecule has 0 aliphatic carbocycles. The van der Waals surface area contributed by atoms with Gasteiger partial charge in [-0.15, -0.1) is 16.8 Å². The second kappa shape index (κ2) is 10.8. The average Bonchev–Trinajstić information content (AvgIpc) is 3.11. The maximum absolute atomic E-state index is 12.4. The molecule has 31 heavy (non-hydrogen) atoms. The number of ether oxygens (including phenoxy) is 1. The Hall–Kier alpha value is -2.29. The predicted octanol–water partition coefficient (Wildman–Crippen LogP) is 5.81. The van der Waals surface area contributed by atoms with Crippen LogP contribution < -0.4 is 10.1 Å². The normalized spacial score (nSPS) is 10.7. The zero-order chi connectivity index (χ0) is 22.4. The maximum atomic E-state index is 12.4. The third kappa shape index (κ3) is 6.35. The molecule has 0 fully saturated rings. The van der Waals surface area contributed by atoms with E-state index in [1.165, 1.54) is 11.8 Å². The fourth-order valence-electron chi connectivity index (χ4n) is 2.76. The monoisotopic (exact) mass is 520 g/mol. The first-order valence-corrected chi connectivity index (χ1v) is 11.6. The van der Waals surface area contributed by atoms with Crippen molar-refractivity contribution in [3.05, 3.63) is 75.5 Å². The van der Waals surface area contributed by atoms with Crippen LogP contribution in [0.15, 0.2) is 58.7 Å². The Morgan fingerprint density at radius 1 is 1.29 bits per heavy atom. The Morgan fingerprint density at radius 3 is 2.84 bits per heavy atom. The summed E-state index contributed by atoms with van der Waals surface area (Å²) in [6.45, 7) is 8.61. The number of carbonyl (C=O) groups is 1. The van der Waals surface area contributed by atoms with Crippen molar-refractivity contribution in [1.82, 2.24) is 14.8 Å². The number of amides is 1. The van der Waals surface area contributed by atoms with Gasteiger partial charge in [0.1, 0.15) is 12.4 Å². The Bertz CT molecular complexity index is 1100. The Kier molecular flexibility index (Phi) is 8.17. The van der Waals surface area contributed by atoms with Crippen molar-refractivity contribution in [1.29, 1.82) is 0 Å².